The van der Waals surface area contributed by atoms with Gasteiger partial charge in [-0.2, -0.15) is 0 Å². The van der Waals surface area contributed by atoms with Crippen LogP contribution in [0.1, 0.15) is 36.8 Å². The average molecular weight is 315 g/mol. The van der Waals surface area contributed by atoms with Crippen LogP contribution in [0.25, 0.3) is 0 Å². The molecule has 5 unspecified atom stereocenters. The molecule has 4 aliphatic rings. The minimum absolute atomic E-state index is 0.00937. The van der Waals surface area contributed by atoms with Crippen LogP contribution in [-0.2, 0) is 11.8 Å². The van der Waals surface area contributed by atoms with E-state index in [-0.39, 0.29) is 17.6 Å². The minimum Gasteiger partial charge on any atom is -0.493 e. The van der Waals surface area contributed by atoms with Crippen LogP contribution in [0.15, 0.2) is 12.1 Å². The molecule has 2 heterocycles. The van der Waals surface area contributed by atoms with Crippen LogP contribution in [0.2, 0.25) is 0 Å². The summed E-state index contributed by atoms with van der Waals surface area (Å²) in [6.07, 6.45) is 4.89. The molecule has 2 bridgehead atoms. The Morgan fingerprint density at radius 1 is 1.35 bits per heavy atom. The summed E-state index contributed by atoms with van der Waals surface area (Å²) in [7, 11) is 3.98. The van der Waals surface area contributed by atoms with E-state index in [4.69, 9.17) is 9.47 Å². The second-order valence-corrected chi connectivity index (χ2v) is 7.82. The van der Waals surface area contributed by atoms with Crippen LogP contribution in [0.3, 0.4) is 0 Å². The van der Waals surface area contributed by atoms with Gasteiger partial charge in [0.05, 0.1) is 13.2 Å². The Morgan fingerprint density at radius 3 is 3.04 bits per heavy atom. The predicted molar refractivity (Wildman–Crippen MR) is 87.2 cm³/mol. The number of hydrogen-bond donors (Lipinski definition) is 1. The van der Waals surface area contributed by atoms with E-state index in [1.807, 2.05) is 6.07 Å². The SMILES string of the molecule is COc1ccc2c3c1OC1C(O)CCC4C(C2)N(C)CCCC341. The summed E-state index contributed by atoms with van der Waals surface area (Å²) < 4.78 is 12.0. The molecule has 5 atom stereocenters. The average Bonchev–Trinajstić information content (AvgIpc) is 2.86. The lowest BCUT2D eigenvalue weighted by molar-refractivity contribution is -0.0690. The summed E-state index contributed by atoms with van der Waals surface area (Å²) in [6, 6.07) is 4.85. The van der Waals surface area contributed by atoms with Crippen LogP contribution in [-0.4, -0.2) is 49.0 Å². The van der Waals surface area contributed by atoms with E-state index in [1.165, 1.54) is 17.5 Å². The molecule has 2 aliphatic carbocycles. The van der Waals surface area contributed by atoms with Gasteiger partial charge in [-0.05, 0) is 63.2 Å². The number of nitrogens with zero attached hydrogens (tertiary/aromatic N) is 1. The van der Waals surface area contributed by atoms with E-state index >= 15 is 0 Å². The predicted octanol–water partition coefficient (Wildman–Crippen LogP) is 2.12. The number of likely N-dealkylation sites (tertiary alicyclic amines) is 1. The zero-order valence-corrected chi connectivity index (χ0v) is 13.9. The van der Waals surface area contributed by atoms with Crippen molar-refractivity contribution in [1.82, 2.24) is 4.90 Å². The lowest BCUT2D eigenvalue weighted by Crippen LogP contribution is -2.60. The summed E-state index contributed by atoms with van der Waals surface area (Å²) in [5.41, 5.74) is 2.77. The fraction of sp³-hybridized carbons (Fsp3) is 0.684. The fourth-order valence-electron chi connectivity index (χ4n) is 6.12. The normalized spacial score (nSPS) is 41.0. The van der Waals surface area contributed by atoms with E-state index < -0.39 is 0 Å². The largest absolute Gasteiger partial charge is 0.493 e. The van der Waals surface area contributed by atoms with Crippen LogP contribution in [0.4, 0.5) is 0 Å². The summed E-state index contributed by atoms with van der Waals surface area (Å²) in [5.74, 6) is 2.34. The molecule has 1 aromatic rings. The second-order valence-electron chi connectivity index (χ2n) is 7.82. The second kappa shape index (κ2) is 4.64. The van der Waals surface area contributed by atoms with Gasteiger partial charge >= 0.3 is 0 Å². The van der Waals surface area contributed by atoms with Gasteiger partial charge in [-0.15, -0.1) is 0 Å². The molecule has 5 rings (SSSR count). The van der Waals surface area contributed by atoms with Crippen LogP contribution in [0.5, 0.6) is 11.5 Å². The quantitative estimate of drug-likeness (QED) is 0.862. The summed E-state index contributed by atoms with van der Waals surface area (Å²) in [5, 5.41) is 10.7. The van der Waals surface area contributed by atoms with Crippen LogP contribution >= 0.6 is 0 Å². The Bertz CT molecular complexity index is 660. The lowest BCUT2D eigenvalue weighted by Gasteiger charge is -2.52. The van der Waals surface area contributed by atoms with Gasteiger partial charge in [0.1, 0.15) is 6.10 Å². The maximum atomic E-state index is 10.7. The molecule has 1 aromatic carbocycles. The molecule has 2 fully saturated rings. The highest BCUT2D eigenvalue weighted by atomic mass is 16.5. The molecular formula is C19H25NO3. The number of aliphatic hydroxyl groups is 1. The highest BCUT2D eigenvalue weighted by molar-refractivity contribution is 5.60. The molecule has 1 saturated carbocycles. The van der Waals surface area contributed by atoms with Gasteiger partial charge in [0, 0.05) is 17.0 Å². The van der Waals surface area contributed by atoms with Gasteiger partial charge in [0.15, 0.2) is 11.5 Å². The molecule has 4 heteroatoms. The number of ether oxygens (including phenoxy) is 2. The standard InChI is InChI=1S/C19H25NO3/c1-20-9-3-8-19-12-5-6-14(21)18(19)23-17-15(22-2)7-4-11(16(17)19)10-13(12)20/h4,7,12-14,18,21H,3,5-6,8-10H2,1-2H3. The Hall–Kier alpha value is -1.26. The van der Waals surface area contributed by atoms with Crippen molar-refractivity contribution in [3.63, 3.8) is 0 Å². The van der Waals surface area contributed by atoms with Crippen molar-refractivity contribution < 1.29 is 14.6 Å². The van der Waals surface area contributed by atoms with Crippen LogP contribution < -0.4 is 9.47 Å². The molecule has 124 valence electrons. The van der Waals surface area contributed by atoms with Crippen molar-refractivity contribution in [3.05, 3.63) is 23.3 Å². The number of hydrogen-bond acceptors (Lipinski definition) is 4. The van der Waals surface area contributed by atoms with E-state index in [9.17, 15) is 5.11 Å². The third-order valence-corrected chi connectivity index (χ3v) is 6.99. The number of likely N-dealkylation sites (N-methyl/N-ethyl adjacent to an activating group) is 1. The summed E-state index contributed by atoms with van der Waals surface area (Å²) >= 11 is 0. The number of aliphatic hydroxyl groups excluding tert-OH is 1. The third-order valence-electron chi connectivity index (χ3n) is 6.99. The molecule has 1 saturated heterocycles. The zero-order chi connectivity index (χ0) is 15.8. The molecular weight excluding hydrogens is 290 g/mol. The Morgan fingerprint density at radius 2 is 2.22 bits per heavy atom. The highest BCUT2D eigenvalue weighted by Gasteiger charge is 2.64. The Balaban J connectivity index is 1.80. The smallest absolute Gasteiger partial charge is 0.165 e. The summed E-state index contributed by atoms with van der Waals surface area (Å²) in [4.78, 5) is 2.55. The first-order valence-electron chi connectivity index (χ1n) is 8.92. The molecule has 23 heavy (non-hydrogen) atoms. The maximum absolute atomic E-state index is 10.7. The van der Waals surface area contributed by atoms with E-state index in [0.29, 0.717) is 12.0 Å². The minimum atomic E-state index is -0.363. The molecule has 1 spiro atoms. The Labute approximate surface area is 137 Å². The first kappa shape index (κ1) is 14.1. The van der Waals surface area contributed by atoms with Crippen molar-refractivity contribution in [2.75, 3.05) is 20.7 Å². The number of benzene rings is 1. The van der Waals surface area contributed by atoms with Crippen molar-refractivity contribution in [2.45, 2.75) is 55.8 Å². The van der Waals surface area contributed by atoms with Crippen molar-refractivity contribution in [2.24, 2.45) is 5.92 Å². The Kier molecular flexibility index (Phi) is 2.85. The van der Waals surface area contributed by atoms with E-state index in [1.54, 1.807) is 7.11 Å². The van der Waals surface area contributed by atoms with Gasteiger partial charge in [-0.1, -0.05) is 6.07 Å². The number of methoxy groups -OCH3 is 1. The molecule has 0 radical (unpaired) electrons. The first-order chi connectivity index (χ1) is 11.2. The molecule has 2 aliphatic heterocycles. The van der Waals surface area contributed by atoms with E-state index in [0.717, 1.165) is 43.7 Å². The summed E-state index contributed by atoms with van der Waals surface area (Å²) in [6.45, 7) is 1.15. The maximum Gasteiger partial charge on any atom is 0.165 e. The van der Waals surface area contributed by atoms with Gasteiger partial charge < -0.3 is 19.5 Å². The highest BCUT2D eigenvalue weighted by Crippen LogP contribution is 2.63. The molecule has 0 amide bonds. The van der Waals surface area contributed by atoms with Gasteiger partial charge in [0.2, 0.25) is 0 Å². The van der Waals surface area contributed by atoms with Gasteiger partial charge in [-0.3, -0.25) is 0 Å². The third kappa shape index (κ3) is 1.59. The van der Waals surface area contributed by atoms with Crippen molar-refractivity contribution in [3.8, 4) is 11.5 Å². The number of rotatable bonds is 1. The van der Waals surface area contributed by atoms with E-state index in [2.05, 4.69) is 18.0 Å². The lowest BCUT2D eigenvalue weighted by atomic mass is 9.53. The first-order valence-corrected chi connectivity index (χ1v) is 8.92. The molecule has 1 N–H and O–H groups in total. The molecule has 0 aromatic heterocycles. The van der Waals surface area contributed by atoms with Crippen LogP contribution in [0, 0.1) is 5.92 Å². The van der Waals surface area contributed by atoms with Crippen molar-refractivity contribution >= 4 is 0 Å². The zero-order valence-electron chi connectivity index (χ0n) is 13.9. The fourth-order valence-corrected chi connectivity index (χ4v) is 6.12. The van der Waals surface area contributed by atoms with Gasteiger partial charge in [-0.25, -0.2) is 0 Å². The topological polar surface area (TPSA) is 41.9 Å². The molecule has 4 nitrogen and oxygen atoms in total. The van der Waals surface area contributed by atoms with Gasteiger partial charge in [0.25, 0.3) is 0 Å². The monoisotopic (exact) mass is 315 g/mol. The van der Waals surface area contributed by atoms with Crippen molar-refractivity contribution in [1.29, 1.82) is 0 Å².